The molecular weight excluding hydrogens is 282 g/mol. The fraction of sp³-hybridized carbons (Fsp3) is 0.583. The maximum atomic E-state index is 11.7. The highest BCUT2D eigenvalue weighted by molar-refractivity contribution is 6.01. The molecule has 0 aliphatic carbocycles. The van der Waals surface area contributed by atoms with Gasteiger partial charge in [0.15, 0.2) is 5.94 Å². The first-order chi connectivity index (χ1) is 9.56. The average molecular weight is 301 g/mol. The molecule has 0 bridgehead atoms. The Morgan fingerprint density at radius 3 is 2.29 bits per heavy atom. The number of carboxylic acids is 1. The lowest BCUT2D eigenvalue weighted by Crippen LogP contribution is -2.45. The summed E-state index contributed by atoms with van der Waals surface area (Å²) in [5, 5.41) is 11.0. The van der Waals surface area contributed by atoms with Gasteiger partial charge in [0.2, 0.25) is 11.6 Å². The van der Waals surface area contributed by atoms with Crippen molar-refractivity contribution in [1.82, 2.24) is 10.8 Å². The van der Waals surface area contributed by atoms with Crippen molar-refractivity contribution in [2.75, 3.05) is 0 Å². The highest BCUT2D eigenvalue weighted by Crippen LogP contribution is 2.05. The number of hydroxylamine groups is 1. The van der Waals surface area contributed by atoms with E-state index < -0.39 is 35.1 Å². The van der Waals surface area contributed by atoms with E-state index in [9.17, 15) is 19.2 Å². The number of rotatable bonds is 8. The Bertz CT molecular complexity index is 462. The zero-order chi connectivity index (χ0) is 16.6. The fourth-order valence-corrected chi connectivity index (χ4v) is 1.09. The SMILES string of the molecule is CC(C)(C)ONC(=C=O)C(=O)NC(CCC(N)=O)C(=O)O. The Morgan fingerprint density at radius 1 is 1.33 bits per heavy atom. The topological polar surface area (TPSA) is 148 Å². The van der Waals surface area contributed by atoms with Crippen LogP contribution in [-0.2, 0) is 24.0 Å². The van der Waals surface area contributed by atoms with Crippen molar-refractivity contribution in [2.45, 2.75) is 45.3 Å². The molecule has 0 aliphatic heterocycles. The second kappa shape index (κ2) is 8.03. The molecule has 2 amide bonds. The van der Waals surface area contributed by atoms with Crippen LogP contribution >= 0.6 is 0 Å². The first-order valence-corrected chi connectivity index (χ1v) is 6.08. The van der Waals surface area contributed by atoms with E-state index in [0.717, 1.165) is 0 Å². The van der Waals surface area contributed by atoms with Crippen LogP contribution in [0, 0.1) is 0 Å². The first kappa shape index (κ1) is 18.6. The first-order valence-electron chi connectivity index (χ1n) is 6.08. The van der Waals surface area contributed by atoms with Gasteiger partial charge in [-0.05, 0) is 27.2 Å². The molecule has 0 spiro atoms. The van der Waals surface area contributed by atoms with Crippen LogP contribution in [0.5, 0.6) is 0 Å². The van der Waals surface area contributed by atoms with Crippen LogP contribution in [0.2, 0.25) is 0 Å². The minimum atomic E-state index is -1.36. The van der Waals surface area contributed by atoms with Gasteiger partial charge < -0.3 is 16.2 Å². The van der Waals surface area contributed by atoms with Crippen LogP contribution < -0.4 is 16.5 Å². The summed E-state index contributed by atoms with van der Waals surface area (Å²) in [6, 6.07) is -1.36. The van der Waals surface area contributed by atoms with Crippen molar-refractivity contribution in [3.63, 3.8) is 0 Å². The minimum Gasteiger partial charge on any atom is -0.480 e. The summed E-state index contributed by atoms with van der Waals surface area (Å²) in [5.41, 5.74) is 5.74. The zero-order valence-corrected chi connectivity index (χ0v) is 12.1. The lowest BCUT2D eigenvalue weighted by Gasteiger charge is -2.20. The van der Waals surface area contributed by atoms with Crippen LogP contribution in [0.25, 0.3) is 0 Å². The molecule has 0 heterocycles. The number of carbonyl (C=O) groups excluding carboxylic acids is 3. The Labute approximate surface area is 121 Å². The van der Waals surface area contributed by atoms with Gasteiger partial charge in [0.05, 0.1) is 5.60 Å². The molecule has 0 radical (unpaired) electrons. The van der Waals surface area contributed by atoms with Gasteiger partial charge in [-0.2, -0.15) is 0 Å². The summed E-state index contributed by atoms with van der Waals surface area (Å²) in [4.78, 5) is 49.0. The summed E-state index contributed by atoms with van der Waals surface area (Å²) in [7, 11) is 0. The number of nitrogens with one attached hydrogen (secondary N) is 2. The Hall–Kier alpha value is -2.38. The molecule has 118 valence electrons. The van der Waals surface area contributed by atoms with Gasteiger partial charge >= 0.3 is 5.97 Å². The van der Waals surface area contributed by atoms with E-state index in [1.807, 2.05) is 0 Å². The fourth-order valence-electron chi connectivity index (χ4n) is 1.09. The number of hydrogen-bond acceptors (Lipinski definition) is 6. The molecular formula is C12H19N3O6. The predicted molar refractivity (Wildman–Crippen MR) is 71.2 cm³/mol. The second-order valence-electron chi connectivity index (χ2n) is 5.16. The van der Waals surface area contributed by atoms with Gasteiger partial charge in [-0.1, -0.05) is 0 Å². The second-order valence-corrected chi connectivity index (χ2v) is 5.16. The summed E-state index contributed by atoms with van der Waals surface area (Å²) < 4.78 is 0. The standard InChI is InChI=1S/C12H19N3O6/c1-12(2,3)21-15-8(6-16)10(18)14-7(11(19)20)4-5-9(13)17/h7,15H,4-5H2,1-3H3,(H2,13,17)(H,14,18)(H,19,20). The van der Waals surface area contributed by atoms with E-state index >= 15 is 0 Å². The van der Waals surface area contributed by atoms with Gasteiger partial charge in [0.25, 0.3) is 5.91 Å². The Balaban J connectivity index is 4.69. The average Bonchev–Trinajstić information content (AvgIpc) is 2.33. The number of carboxylic acid groups (broad SMARTS) is 1. The van der Waals surface area contributed by atoms with Crippen molar-refractivity contribution in [1.29, 1.82) is 0 Å². The Morgan fingerprint density at radius 2 is 1.90 bits per heavy atom. The lowest BCUT2D eigenvalue weighted by atomic mass is 10.1. The van der Waals surface area contributed by atoms with E-state index in [1.54, 1.807) is 20.8 Å². The molecule has 21 heavy (non-hydrogen) atoms. The molecule has 0 aromatic heterocycles. The molecule has 9 heteroatoms. The van der Waals surface area contributed by atoms with Crippen LogP contribution in [0.4, 0.5) is 0 Å². The van der Waals surface area contributed by atoms with E-state index in [2.05, 4.69) is 10.8 Å². The smallest absolute Gasteiger partial charge is 0.326 e. The highest BCUT2D eigenvalue weighted by atomic mass is 16.7. The van der Waals surface area contributed by atoms with E-state index in [4.69, 9.17) is 15.7 Å². The molecule has 1 unspecified atom stereocenters. The van der Waals surface area contributed by atoms with Gasteiger partial charge in [0.1, 0.15) is 6.04 Å². The van der Waals surface area contributed by atoms with Crippen molar-refractivity contribution in [3.8, 4) is 0 Å². The molecule has 0 saturated heterocycles. The zero-order valence-electron chi connectivity index (χ0n) is 12.1. The largest absolute Gasteiger partial charge is 0.480 e. The van der Waals surface area contributed by atoms with Gasteiger partial charge in [0, 0.05) is 6.42 Å². The van der Waals surface area contributed by atoms with E-state index in [1.165, 1.54) is 5.94 Å². The summed E-state index contributed by atoms with van der Waals surface area (Å²) in [6.45, 7) is 5.02. The summed E-state index contributed by atoms with van der Waals surface area (Å²) in [5.74, 6) is -1.74. The van der Waals surface area contributed by atoms with Crippen molar-refractivity contribution in [2.24, 2.45) is 5.73 Å². The van der Waals surface area contributed by atoms with Gasteiger partial charge in [-0.3, -0.25) is 19.9 Å². The normalized spacial score (nSPS) is 12.0. The van der Waals surface area contributed by atoms with E-state index in [-0.39, 0.29) is 12.8 Å². The Kier molecular flexibility index (Phi) is 7.12. The van der Waals surface area contributed by atoms with Gasteiger partial charge in [-0.25, -0.2) is 9.59 Å². The third-order valence-electron chi connectivity index (χ3n) is 2.07. The maximum Gasteiger partial charge on any atom is 0.326 e. The molecule has 0 rings (SSSR count). The number of primary amides is 1. The molecule has 0 aromatic carbocycles. The summed E-state index contributed by atoms with van der Waals surface area (Å²) in [6.07, 6.45) is -0.411. The summed E-state index contributed by atoms with van der Waals surface area (Å²) >= 11 is 0. The molecule has 9 nitrogen and oxygen atoms in total. The molecule has 0 aromatic rings. The van der Waals surface area contributed by atoms with Crippen LogP contribution in [0.3, 0.4) is 0 Å². The number of carbonyl (C=O) groups is 3. The quantitative estimate of drug-likeness (QED) is 0.251. The minimum absolute atomic E-state index is 0.192. The van der Waals surface area contributed by atoms with Crippen molar-refractivity contribution >= 4 is 23.7 Å². The molecule has 1 atom stereocenters. The van der Waals surface area contributed by atoms with Crippen molar-refractivity contribution < 1.29 is 29.1 Å². The number of aliphatic carboxylic acids is 1. The number of amides is 2. The highest BCUT2D eigenvalue weighted by Gasteiger charge is 2.24. The monoisotopic (exact) mass is 301 g/mol. The van der Waals surface area contributed by atoms with Crippen LogP contribution in [0.1, 0.15) is 33.6 Å². The predicted octanol–water partition coefficient (Wildman–Crippen LogP) is -1.14. The third-order valence-corrected chi connectivity index (χ3v) is 2.07. The van der Waals surface area contributed by atoms with Crippen molar-refractivity contribution in [3.05, 3.63) is 5.70 Å². The molecule has 0 saturated carbocycles. The van der Waals surface area contributed by atoms with Crippen LogP contribution in [0.15, 0.2) is 5.70 Å². The van der Waals surface area contributed by atoms with Gasteiger partial charge in [-0.15, -0.1) is 0 Å². The molecule has 0 fully saturated rings. The number of hydrogen-bond donors (Lipinski definition) is 4. The lowest BCUT2D eigenvalue weighted by molar-refractivity contribution is -0.142. The third kappa shape index (κ3) is 8.40. The maximum absolute atomic E-state index is 11.7. The van der Waals surface area contributed by atoms with E-state index in [0.29, 0.717) is 0 Å². The van der Waals surface area contributed by atoms with Crippen LogP contribution in [-0.4, -0.2) is 40.5 Å². The molecule has 0 aliphatic rings. The number of nitrogens with two attached hydrogens (primary N) is 1. The molecule has 5 N–H and O–H groups in total.